The van der Waals surface area contributed by atoms with Crippen molar-refractivity contribution in [1.29, 1.82) is 0 Å². The first-order valence-corrected chi connectivity index (χ1v) is 6.16. The van der Waals surface area contributed by atoms with Gasteiger partial charge < -0.3 is 5.32 Å². The SMILES string of the molecule is Cc1nc(CNC2CCCC(C)(C)C2)n[nH]1. The van der Waals surface area contributed by atoms with Gasteiger partial charge in [0.05, 0.1) is 6.54 Å². The lowest BCUT2D eigenvalue weighted by atomic mass is 9.75. The van der Waals surface area contributed by atoms with Gasteiger partial charge in [-0.25, -0.2) is 4.98 Å². The molecule has 0 amide bonds. The van der Waals surface area contributed by atoms with Gasteiger partial charge in [0.1, 0.15) is 5.82 Å². The van der Waals surface area contributed by atoms with Crippen LogP contribution >= 0.6 is 0 Å². The van der Waals surface area contributed by atoms with Crippen LogP contribution in [-0.4, -0.2) is 21.2 Å². The Morgan fingerprint density at radius 2 is 2.31 bits per heavy atom. The van der Waals surface area contributed by atoms with Crippen molar-refractivity contribution in [3.05, 3.63) is 11.6 Å². The summed E-state index contributed by atoms with van der Waals surface area (Å²) in [6, 6.07) is 0.627. The first kappa shape index (κ1) is 11.6. The molecule has 0 spiro atoms. The highest BCUT2D eigenvalue weighted by atomic mass is 15.2. The first-order chi connectivity index (χ1) is 7.55. The van der Waals surface area contributed by atoms with Crippen molar-refractivity contribution in [2.75, 3.05) is 0 Å². The minimum atomic E-state index is 0.491. The number of rotatable bonds is 3. The zero-order valence-corrected chi connectivity index (χ0v) is 10.5. The van der Waals surface area contributed by atoms with Crippen LogP contribution in [-0.2, 0) is 6.54 Å². The second kappa shape index (κ2) is 4.53. The van der Waals surface area contributed by atoms with Crippen LogP contribution in [0.3, 0.4) is 0 Å². The molecule has 0 radical (unpaired) electrons. The smallest absolute Gasteiger partial charge is 0.164 e. The van der Waals surface area contributed by atoms with Gasteiger partial charge in [0.2, 0.25) is 0 Å². The topological polar surface area (TPSA) is 53.6 Å². The van der Waals surface area contributed by atoms with Crippen molar-refractivity contribution in [2.24, 2.45) is 5.41 Å². The maximum atomic E-state index is 4.30. The van der Waals surface area contributed by atoms with Crippen molar-refractivity contribution in [1.82, 2.24) is 20.5 Å². The summed E-state index contributed by atoms with van der Waals surface area (Å²) in [6.45, 7) is 7.43. The Morgan fingerprint density at radius 1 is 1.50 bits per heavy atom. The van der Waals surface area contributed by atoms with Crippen molar-refractivity contribution >= 4 is 0 Å². The van der Waals surface area contributed by atoms with Gasteiger partial charge in [0.25, 0.3) is 0 Å². The molecule has 1 unspecified atom stereocenters. The Labute approximate surface area is 97.2 Å². The molecule has 16 heavy (non-hydrogen) atoms. The van der Waals surface area contributed by atoms with Gasteiger partial charge in [0.15, 0.2) is 5.82 Å². The molecule has 1 aliphatic carbocycles. The molecule has 0 saturated heterocycles. The third kappa shape index (κ3) is 3.04. The third-order valence-electron chi connectivity index (χ3n) is 3.40. The Balaban J connectivity index is 1.82. The highest BCUT2D eigenvalue weighted by Gasteiger charge is 2.27. The van der Waals surface area contributed by atoms with Gasteiger partial charge >= 0.3 is 0 Å². The molecule has 1 saturated carbocycles. The third-order valence-corrected chi connectivity index (χ3v) is 3.40. The van der Waals surface area contributed by atoms with Gasteiger partial charge in [-0.05, 0) is 31.6 Å². The van der Waals surface area contributed by atoms with Crippen molar-refractivity contribution in [3.63, 3.8) is 0 Å². The average Bonchev–Trinajstić information content (AvgIpc) is 2.60. The van der Waals surface area contributed by atoms with Crippen LogP contribution in [0, 0.1) is 12.3 Å². The number of aromatic nitrogens is 3. The second-order valence-electron chi connectivity index (χ2n) is 5.68. The molecule has 2 N–H and O–H groups in total. The average molecular weight is 222 g/mol. The molecule has 1 aromatic heterocycles. The molecule has 0 aliphatic heterocycles. The maximum absolute atomic E-state index is 4.30. The minimum absolute atomic E-state index is 0.491. The summed E-state index contributed by atoms with van der Waals surface area (Å²) < 4.78 is 0. The Hall–Kier alpha value is -0.900. The number of aromatic amines is 1. The first-order valence-electron chi connectivity index (χ1n) is 6.16. The predicted octanol–water partition coefficient (Wildman–Crippen LogP) is 2.17. The van der Waals surface area contributed by atoms with E-state index in [2.05, 4.69) is 34.3 Å². The Bertz CT molecular complexity index is 343. The summed E-state index contributed by atoms with van der Waals surface area (Å²) in [4.78, 5) is 4.30. The van der Waals surface area contributed by atoms with E-state index < -0.39 is 0 Å². The van der Waals surface area contributed by atoms with Gasteiger partial charge in [-0.2, -0.15) is 5.10 Å². The van der Waals surface area contributed by atoms with Gasteiger partial charge in [-0.15, -0.1) is 0 Å². The van der Waals surface area contributed by atoms with E-state index in [4.69, 9.17) is 0 Å². The molecule has 2 rings (SSSR count). The van der Waals surface area contributed by atoms with Crippen LogP contribution in [0.2, 0.25) is 0 Å². The molecule has 4 nitrogen and oxygen atoms in total. The Morgan fingerprint density at radius 3 is 2.94 bits per heavy atom. The summed E-state index contributed by atoms with van der Waals surface area (Å²) in [5.74, 6) is 1.77. The number of hydrogen-bond donors (Lipinski definition) is 2. The highest BCUT2D eigenvalue weighted by Crippen LogP contribution is 2.35. The number of aryl methyl sites for hydroxylation is 1. The normalized spacial score (nSPS) is 24.6. The van der Waals surface area contributed by atoms with Gasteiger partial charge in [0, 0.05) is 6.04 Å². The summed E-state index contributed by atoms with van der Waals surface area (Å²) >= 11 is 0. The summed E-state index contributed by atoms with van der Waals surface area (Å²) in [5, 5.41) is 10.6. The summed E-state index contributed by atoms with van der Waals surface area (Å²) in [6.07, 6.45) is 5.23. The van der Waals surface area contributed by atoms with E-state index in [1.165, 1.54) is 25.7 Å². The van der Waals surface area contributed by atoms with E-state index in [0.717, 1.165) is 18.2 Å². The van der Waals surface area contributed by atoms with E-state index >= 15 is 0 Å². The molecule has 1 fully saturated rings. The van der Waals surface area contributed by atoms with Crippen molar-refractivity contribution < 1.29 is 0 Å². The van der Waals surface area contributed by atoms with E-state index in [9.17, 15) is 0 Å². The lowest BCUT2D eigenvalue weighted by Crippen LogP contribution is -2.37. The lowest BCUT2D eigenvalue weighted by Gasteiger charge is -2.35. The fraction of sp³-hybridized carbons (Fsp3) is 0.833. The van der Waals surface area contributed by atoms with Crippen LogP contribution in [0.25, 0.3) is 0 Å². The summed E-state index contributed by atoms with van der Waals surface area (Å²) in [7, 11) is 0. The van der Waals surface area contributed by atoms with Crippen LogP contribution < -0.4 is 5.32 Å². The van der Waals surface area contributed by atoms with E-state index in [0.29, 0.717) is 11.5 Å². The van der Waals surface area contributed by atoms with Gasteiger partial charge in [-0.1, -0.05) is 20.3 Å². The van der Waals surface area contributed by atoms with Crippen molar-refractivity contribution in [3.8, 4) is 0 Å². The van der Waals surface area contributed by atoms with Crippen LogP contribution in [0.15, 0.2) is 0 Å². The molecule has 1 aromatic rings. The zero-order valence-electron chi connectivity index (χ0n) is 10.5. The molecule has 0 bridgehead atoms. The standard InChI is InChI=1S/C12H22N4/c1-9-14-11(16-15-9)8-13-10-5-4-6-12(2,3)7-10/h10,13H,4-8H2,1-3H3,(H,14,15,16). The second-order valence-corrected chi connectivity index (χ2v) is 5.68. The fourth-order valence-electron chi connectivity index (χ4n) is 2.58. The van der Waals surface area contributed by atoms with E-state index in [1.54, 1.807) is 0 Å². The van der Waals surface area contributed by atoms with Crippen LogP contribution in [0.5, 0.6) is 0 Å². The number of nitrogens with zero attached hydrogens (tertiary/aromatic N) is 2. The fourth-order valence-corrected chi connectivity index (χ4v) is 2.58. The quantitative estimate of drug-likeness (QED) is 0.824. The monoisotopic (exact) mass is 222 g/mol. The minimum Gasteiger partial charge on any atom is -0.307 e. The lowest BCUT2D eigenvalue weighted by molar-refractivity contribution is 0.197. The maximum Gasteiger partial charge on any atom is 0.164 e. The Kier molecular flexibility index (Phi) is 3.28. The zero-order chi connectivity index (χ0) is 11.6. The molecule has 1 atom stereocenters. The molecular weight excluding hydrogens is 200 g/mol. The highest BCUT2D eigenvalue weighted by molar-refractivity contribution is 4.89. The molecule has 0 aromatic carbocycles. The van der Waals surface area contributed by atoms with E-state index in [-0.39, 0.29) is 0 Å². The molecule has 90 valence electrons. The molecular formula is C12H22N4. The van der Waals surface area contributed by atoms with Crippen molar-refractivity contribution in [2.45, 2.75) is 59.0 Å². The molecule has 4 heteroatoms. The molecule has 1 aliphatic rings. The molecule has 1 heterocycles. The van der Waals surface area contributed by atoms with E-state index in [1.807, 2.05) is 6.92 Å². The number of hydrogen-bond acceptors (Lipinski definition) is 3. The van der Waals surface area contributed by atoms with Crippen LogP contribution in [0.4, 0.5) is 0 Å². The number of H-pyrrole nitrogens is 1. The summed E-state index contributed by atoms with van der Waals surface area (Å²) in [5.41, 5.74) is 0.491. The van der Waals surface area contributed by atoms with Gasteiger partial charge in [-0.3, -0.25) is 5.10 Å². The predicted molar refractivity (Wildman–Crippen MR) is 64.0 cm³/mol. The number of nitrogens with one attached hydrogen (secondary N) is 2. The van der Waals surface area contributed by atoms with Crippen LogP contribution in [0.1, 0.15) is 51.2 Å². The largest absolute Gasteiger partial charge is 0.307 e.